The Bertz CT molecular complexity index is 581. The first-order valence-electron chi connectivity index (χ1n) is 7.51. The smallest absolute Gasteiger partial charge is 0.169 e. The van der Waals surface area contributed by atoms with Crippen LogP contribution < -0.4 is 5.32 Å². The lowest BCUT2D eigenvalue weighted by atomic mass is 10.1. The average molecular weight is 310 g/mol. The maximum atomic E-state index is 5.52. The van der Waals surface area contributed by atoms with Gasteiger partial charge in [0.15, 0.2) is 5.11 Å². The molecule has 0 aliphatic carbocycles. The lowest BCUT2D eigenvalue weighted by molar-refractivity contribution is 0.411. The second-order valence-electron chi connectivity index (χ2n) is 5.12. The zero-order chi connectivity index (χ0) is 15.6. The molecule has 3 heteroatoms. The molecule has 2 nitrogen and oxygen atoms in total. The summed E-state index contributed by atoms with van der Waals surface area (Å²) in [6.45, 7) is 6.13. The van der Waals surface area contributed by atoms with Gasteiger partial charge in [-0.2, -0.15) is 0 Å². The number of hydrogen-bond donors (Lipinski definition) is 1. The Balaban J connectivity index is 2.00. The van der Waals surface area contributed by atoms with Crippen LogP contribution in [0, 0.1) is 0 Å². The van der Waals surface area contributed by atoms with Gasteiger partial charge in [-0.25, -0.2) is 0 Å². The predicted octanol–water partition coefficient (Wildman–Crippen LogP) is 3.79. The summed E-state index contributed by atoms with van der Waals surface area (Å²) >= 11 is 5.52. The van der Waals surface area contributed by atoms with E-state index in [2.05, 4.69) is 65.3 Å². The second kappa shape index (κ2) is 9.00. The van der Waals surface area contributed by atoms with Crippen molar-refractivity contribution in [2.24, 2.45) is 0 Å². The summed E-state index contributed by atoms with van der Waals surface area (Å²) < 4.78 is 0. The van der Waals surface area contributed by atoms with Crippen molar-refractivity contribution in [1.82, 2.24) is 10.2 Å². The van der Waals surface area contributed by atoms with Crippen molar-refractivity contribution in [1.29, 1.82) is 0 Å². The van der Waals surface area contributed by atoms with Gasteiger partial charge in [-0.3, -0.25) is 0 Å². The molecular weight excluding hydrogens is 288 g/mol. The summed E-state index contributed by atoms with van der Waals surface area (Å²) in [6.07, 6.45) is 2.80. The Kier molecular flexibility index (Phi) is 6.65. The molecule has 0 radical (unpaired) electrons. The highest BCUT2D eigenvalue weighted by Crippen LogP contribution is 2.07. The highest BCUT2D eigenvalue weighted by molar-refractivity contribution is 7.80. The topological polar surface area (TPSA) is 15.3 Å². The van der Waals surface area contributed by atoms with Gasteiger partial charge in [-0.05, 0) is 29.8 Å². The average Bonchev–Trinajstić information content (AvgIpc) is 2.58. The minimum atomic E-state index is 0.690. The van der Waals surface area contributed by atoms with E-state index in [-0.39, 0.29) is 0 Å². The van der Waals surface area contributed by atoms with Crippen LogP contribution in [0.2, 0.25) is 0 Å². The van der Waals surface area contributed by atoms with Crippen LogP contribution in [0.3, 0.4) is 0 Å². The first-order valence-corrected chi connectivity index (χ1v) is 7.92. The van der Waals surface area contributed by atoms with E-state index in [1.807, 2.05) is 18.2 Å². The van der Waals surface area contributed by atoms with E-state index >= 15 is 0 Å². The molecule has 0 heterocycles. The third-order valence-electron chi connectivity index (χ3n) is 3.41. The molecule has 0 aliphatic rings. The molecule has 0 aromatic heterocycles. The van der Waals surface area contributed by atoms with Crippen LogP contribution >= 0.6 is 12.2 Å². The third-order valence-corrected chi connectivity index (χ3v) is 3.82. The Labute approximate surface area is 138 Å². The molecule has 2 aromatic rings. The molecule has 0 aliphatic heterocycles. The summed E-state index contributed by atoms with van der Waals surface area (Å²) in [5.74, 6) is 0. The number of hydrogen-bond acceptors (Lipinski definition) is 1. The number of rotatable bonds is 7. The fraction of sp³-hybridized carbons (Fsp3) is 0.211. The first-order chi connectivity index (χ1) is 10.8. The zero-order valence-electron chi connectivity index (χ0n) is 12.7. The van der Waals surface area contributed by atoms with Gasteiger partial charge < -0.3 is 10.2 Å². The second-order valence-corrected chi connectivity index (χ2v) is 5.50. The molecule has 22 heavy (non-hydrogen) atoms. The minimum Gasteiger partial charge on any atom is -0.359 e. The largest absolute Gasteiger partial charge is 0.359 e. The Morgan fingerprint density at radius 1 is 1.00 bits per heavy atom. The molecule has 0 saturated carbocycles. The molecule has 0 atom stereocenters. The van der Waals surface area contributed by atoms with E-state index in [1.165, 1.54) is 11.1 Å². The first kappa shape index (κ1) is 16.2. The van der Waals surface area contributed by atoms with E-state index in [1.54, 1.807) is 0 Å². The zero-order valence-corrected chi connectivity index (χ0v) is 13.6. The molecule has 0 amide bonds. The number of benzene rings is 2. The van der Waals surface area contributed by atoms with Gasteiger partial charge in [0.05, 0.1) is 0 Å². The highest BCUT2D eigenvalue weighted by atomic mass is 32.1. The number of nitrogens with zero attached hydrogens (tertiary/aromatic N) is 1. The lowest BCUT2D eigenvalue weighted by Gasteiger charge is -2.26. The summed E-state index contributed by atoms with van der Waals surface area (Å²) in [5, 5.41) is 4.01. The van der Waals surface area contributed by atoms with Crippen LogP contribution in [0.25, 0.3) is 0 Å². The van der Waals surface area contributed by atoms with Crippen molar-refractivity contribution in [3.05, 3.63) is 84.4 Å². The van der Waals surface area contributed by atoms with Gasteiger partial charge >= 0.3 is 0 Å². The molecule has 114 valence electrons. The summed E-state index contributed by atoms with van der Waals surface area (Å²) in [5.41, 5.74) is 2.59. The van der Waals surface area contributed by atoms with Crippen LogP contribution in [-0.2, 0) is 13.0 Å². The van der Waals surface area contributed by atoms with Crippen molar-refractivity contribution < 1.29 is 0 Å². The molecule has 1 N–H and O–H groups in total. The summed E-state index contributed by atoms with van der Waals surface area (Å²) in [4.78, 5) is 2.21. The van der Waals surface area contributed by atoms with Crippen LogP contribution in [0.4, 0.5) is 0 Å². The standard InChI is InChI=1S/C19H22N2S/c1-2-14-20-19(22)21(16-18-11-7-4-8-12-18)15-13-17-9-5-3-6-10-17/h2-12H,1,13-16H2,(H,20,22). The van der Waals surface area contributed by atoms with Gasteiger partial charge in [-0.15, -0.1) is 6.58 Å². The molecule has 2 rings (SSSR count). The quantitative estimate of drug-likeness (QED) is 0.619. The Hall–Kier alpha value is -2.13. The van der Waals surface area contributed by atoms with Gasteiger partial charge in [0.1, 0.15) is 0 Å². The Morgan fingerprint density at radius 2 is 1.59 bits per heavy atom. The normalized spacial score (nSPS) is 10.0. The van der Waals surface area contributed by atoms with Crippen molar-refractivity contribution >= 4 is 17.3 Å². The van der Waals surface area contributed by atoms with E-state index in [0.29, 0.717) is 6.54 Å². The third kappa shape index (κ3) is 5.34. The highest BCUT2D eigenvalue weighted by Gasteiger charge is 2.09. The molecular formula is C19H22N2S. The molecule has 2 aromatic carbocycles. The maximum absolute atomic E-state index is 5.52. The summed E-state index contributed by atoms with van der Waals surface area (Å²) in [6, 6.07) is 20.9. The van der Waals surface area contributed by atoms with Crippen molar-refractivity contribution in [2.45, 2.75) is 13.0 Å². The molecule has 0 fully saturated rings. The Morgan fingerprint density at radius 3 is 2.18 bits per heavy atom. The van der Waals surface area contributed by atoms with Crippen LogP contribution in [0.5, 0.6) is 0 Å². The fourth-order valence-corrected chi connectivity index (χ4v) is 2.48. The molecule has 0 spiro atoms. The SMILES string of the molecule is C=CCNC(=S)N(CCc1ccccc1)Cc1ccccc1. The van der Waals surface area contributed by atoms with Crippen molar-refractivity contribution in [2.75, 3.05) is 13.1 Å². The van der Waals surface area contributed by atoms with Gasteiger partial charge in [0.2, 0.25) is 0 Å². The summed E-state index contributed by atoms with van der Waals surface area (Å²) in [7, 11) is 0. The van der Waals surface area contributed by atoms with Gasteiger partial charge in [0.25, 0.3) is 0 Å². The van der Waals surface area contributed by atoms with E-state index in [0.717, 1.165) is 24.6 Å². The van der Waals surface area contributed by atoms with Crippen LogP contribution in [-0.4, -0.2) is 23.1 Å². The number of thiocarbonyl (C=S) groups is 1. The fourth-order valence-electron chi connectivity index (χ4n) is 2.24. The lowest BCUT2D eigenvalue weighted by Crippen LogP contribution is -2.40. The molecule has 0 saturated heterocycles. The van der Waals surface area contributed by atoms with Crippen molar-refractivity contribution in [3.63, 3.8) is 0 Å². The van der Waals surface area contributed by atoms with Crippen molar-refractivity contribution in [3.8, 4) is 0 Å². The van der Waals surface area contributed by atoms with Crippen LogP contribution in [0.1, 0.15) is 11.1 Å². The monoisotopic (exact) mass is 310 g/mol. The maximum Gasteiger partial charge on any atom is 0.169 e. The number of nitrogens with one attached hydrogen (secondary N) is 1. The molecule has 0 bridgehead atoms. The van der Waals surface area contributed by atoms with E-state index < -0.39 is 0 Å². The van der Waals surface area contributed by atoms with E-state index in [9.17, 15) is 0 Å². The predicted molar refractivity (Wildman–Crippen MR) is 97.8 cm³/mol. The molecule has 0 unspecified atom stereocenters. The van der Waals surface area contributed by atoms with E-state index in [4.69, 9.17) is 12.2 Å². The minimum absolute atomic E-state index is 0.690. The van der Waals surface area contributed by atoms with Gasteiger partial charge in [0, 0.05) is 19.6 Å². The van der Waals surface area contributed by atoms with Gasteiger partial charge in [-0.1, -0.05) is 66.7 Å². The van der Waals surface area contributed by atoms with Crippen LogP contribution in [0.15, 0.2) is 73.3 Å².